The number of hydrogen-bond donors (Lipinski definition) is 1. The summed E-state index contributed by atoms with van der Waals surface area (Å²) in [6.45, 7) is 0.109. The fourth-order valence-corrected chi connectivity index (χ4v) is 1.87. The number of aryl methyl sites for hydroxylation is 1. The van der Waals surface area contributed by atoms with Gasteiger partial charge in [-0.25, -0.2) is 0 Å². The van der Waals surface area contributed by atoms with E-state index in [4.69, 9.17) is 21.1 Å². The Balaban J connectivity index is 2.03. The molecule has 1 heterocycles. The molecule has 0 fully saturated rings. The molecule has 5 nitrogen and oxygen atoms in total. The predicted octanol–water partition coefficient (Wildman–Crippen LogP) is 2.19. The van der Waals surface area contributed by atoms with Crippen LogP contribution >= 0.6 is 11.6 Å². The maximum absolute atomic E-state index is 10.1. The fourth-order valence-electron chi connectivity index (χ4n) is 1.75. The standard InChI is InChI=1S/C13H15ClN2O3/c1-16-13(12(18-2)7-15-16)11(17)8-19-10-5-3-9(14)4-6-10/h3-7,11,17H,8H2,1-2H3. The first kappa shape index (κ1) is 13.7. The lowest BCUT2D eigenvalue weighted by Gasteiger charge is -2.14. The van der Waals surface area contributed by atoms with E-state index in [2.05, 4.69) is 5.10 Å². The lowest BCUT2D eigenvalue weighted by Crippen LogP contribution is -2.14. The van der Waals surface area contributed by atoms with Crippen molar-refractivity contribution < 1.29 is 14.6 Å². The number of nitrogens with zero attached hydrogens (tertiary/aromatic N) is 2. The number of hydrogen-bond acceptors (Lipinski definition) is 4. The van der Waals surface area contributed by atoms with E-state index in [-0.39, 0.29) is 6.61 Å². The van der Waals surface area contributed by atoms with Gasteiger partial charge in [0, 0.05) is 12.1 Å². The highest BCUT2D eigenvalue weighted by Crippen LogP contribution is 2.25. The van der Waals surface area contributed by atoms with Gasteiger partial charge in [0.2, 0.25) is 0 Å². The monoisotopic (exact) mass is 282 g/mol. The van der Waals surface area contributed by atoms with Crippen LogP contribution < -0.4 is 9.47 Å². The molecule has 1 aromatic carbocycles. The van der Waals surface area contributed by atoms with Crippen molar-refractivity contribution in [3.05, 3.63) is 41.2 Å². The summed E-state index contributed by atoms with van der Waals surface area (Å²) in [6.07, 6.45) is 0.735. The van der Waals surface area contributed by atoms with Gasteiger partial charge in [-0.1, -0.05) is 11.6 Å². The van der Waals surface area contributed by atoms with Crippen molar-refractivity contribution in [3.63, 3.8) is 0 Å². The van der Waals surface area contributed by atoms with Crippen molar-refractivity contribution in [3.8, 4) is 11.5 Å². The van der Waals surface area contributed by atoms with Gasteiger partial charge < -0.3 is 14.6 Å². The molecule has 0 aliphatic carbocycles. The number of aliphatic hydroxyl groups is 1. The van der Waals surface area contributed by atoms with Crippen LogP contribution in [-0.2, 0) is 7.05 Å². The molecule has 19 heavy (non-hydrogen) atoms. The maximum atomic E-state index is 10.1. The van der Waals surface area contributed by atoms with Gasteiger partial charge >= 0.3 is 0 Å². The second kappa shape index (κ2) is 5.95. The Morgan fingerprint density at radius 1 is 1.37 bits per heavy atom. The highest BCUT2D eigenvalue weighted by Gasteiger charge is 2.18. The average Bonchev–Trinajstić information content (AvgIpc) is 2.79. The molecule has 1 aromatic heterocycles. The summed E-state index contributed by atoms with van der Waals surface area (Å²) in [4.78, 5) is 0. The first-order valence-electron chi connectivity index (χ1n) is 5.74. The summed E-state index contributed by atoms with van der Waals surface area (Å²) < 4.78 is 12.2. The average molecular weight is 283 g/mol. The SMILES string of the molecule is COc1cnn(C)c1C(O)COc1ccc(Cl)cc1. The van der Waals surface area contributed by atoms with Crippen LogP contribution in [0.3, 0.4) is 0 Å². The van der Waals surface area contributed by atoms with E-state index in [0.29, 0.717) is 22.2 Å². The zero-order valence-corrected chi connectivity index (χ0v) is 11.5. The van der Waals surface area contributed by atoms with Crippen molar-refractivity contribution in [2.45, 2.75) is 6.10 Å². The normalized spacial score (nSPS) is 12.2. The van der Waals surface area contributed by atoms with Crippen molar-refractivity contribution in [1.29, 1.82) is 0 Å². The van der Waals surface area contributed by atoms with Crippen LogP contribution in [0, 0.1) is 0 Å². The minimum absolute atomic E-state index is 0.109. The molecule has 102 valence electrons. The van der Waals surface area contributed by atoms with Crippen LogP contribution in [0.5, 0.6) is 11.5 Å². The Morgan fingerprint density at radius 3 is 2.68 bits per heavy atom. The second-order valence-corrected chi connectivity index (χ2v) is 4.44. The highest BCUT2D eigenvalue weighted by molar-refractivity contribution is 6.30. The van der Waals surface area contributed by atoms with Crippen LogP contribution in [-0.4, -0.2) is 28.6 Å². The molecule has 1 unspecified atom stereocenters. The molecule has 0 spiro atoms. The minimum atomic E-state index is -0.821. The number of methoxy groups -OCH3 is 1. The van der Waals surface area contributed by atoms with Gasteiger partial charge in [-0.05, 0) is 24.3 Å². The van der Waals surface area contributed by atoms with Crippen molar-refractivity contribution in [1.82, 2.24) is 9.78 Å². The summed E-state index contributed by atoms with van der Waals surface area (Å²) in [6, 6.07) is 6.95. The Kier molecular flexibility index (Phi) is 4.29. The Hall–Kier alpha value is -1.72. The summed E-state index contributed by atoms with van der Waals surface area (Å²) >= 11 is 5.78. The molecular weight excluding hydrogens is 268 g/mol. The van der Waals surface area contributed by atoms with Crippen molar-refractivity contribution >= 4 is 11.6 Å². The summed E-state index contributed by atoms with van der Waals surface area (Å²) in [5.74, 6) is 1.18. The summed E-state index contributed by atoms with van der Waals surface area (Å²) in [5, 5.41) is 14.8. The number of rotatable bonds is 5. The van der Waals surface area contributed by atoms with E-state index >= 15 is 0 Å². The number of halogens is 1. The molecule has 0 aliphatic rings. The zero-order valence-electron chi connectivity index (χ0n) is 10.7. The van der Waals surface area contributed by atoms with E-state index in [1.807, 2.05) is 0 Å². The topological polar surface area (TPSA) is 56.5 Å². The fraction of sp³-hybridized carbons (Fsp3) is 0.308. The molecule has 0 saturated carbocycles. The lowest BCUT2D eigenvalue weighted by molar-refractivity contribution is 0.0986. The van der Waals surface area contributed by atoms with Gasteiger partial charge in [-0.3, -0.25) is 4.68 Å². The molecular formula is C13H15ClN2O3. The third-order valence-electron chi connectivity index (χ3n) is 2.71. The van der Waals surface area contributed by atoms with Gasteiger partial charge in [0.15, 0.2) is 5.75 Å². The van der Waals surface area contributed by atoms with Crippen LogP contribution in [0.1, 0.15) is 11.8 Å². The predicted molar refractivity (Wildman–Crippen MR) is 71.7 cm³/mol. The van der Waals surface area contributed by atoms with Crippen LogP contribution in [0.25, 0.3) is 0 Å². The number of benzene rings is 1. The van der Waals surface area contributed by atoms with Crippen LogP contribution in [0.2, 0.25) is 5.02 Å². The highest BCUT2D eigenvalue weighted by atomic mass is 35.5. The largest absolute Gasteiger partial charge is 0.493 e. The van der Waals surface area contributed by atoms with Crippen molar-refractivity contribution in [2.75, 3.05) is 13.7 Å². The van der Waals surface area contributed by atoms with E-state index in [0.717, 1.165) is 0 Å². The Bertz CT molecular complexity index is 539. The smallest absolute Gasteiger partial charge is 0.162 e. The van der Waals surface area contributed by atoms with Gasteiger partial charge in [0.25, 0.3) is 0 Å². The van der Waals surface area contributed by atoms with Gasteiger partial charge in [0.05, 0.1) is 13.3 Å². The molecule has 1 N–H and O–H groups in total. The molecule has 0 amide bonds. The van der Waals surface area contributed by atoms with Gasteiger partial charge in [-0.2, -0.15) is 5.10 Å². The first-order chi connectivity index (χ1) is 9.11. The summed E-state index contributed by atoms with van der Waals surface area (Å²) in [7, 11) is 3.27. The number of aliphatic hydroxyl groups excluding tert-OH is 1. The van der Waals surface area contributed by atoms with Gasteiger partial charge in [0.1, 0.15) is 24.2 Å². The molecule has 6 heteroatoms. The molecule has 0 saturated heterocycles. The quantitative estimate of drug-likeness (QED) is 0.913. The third kappa shape index (κ3) is 3.19. The molecule has 2 rings (SSSR count). The number of aromatic nitrogens is 2. The molecule has 0 aliphatic heterocycles. The molecule has 1 atom stereocenters. The number of ether oxygens (including phenoxy) is 2. The van der Waals surface area contributed by atoms with Crippen LogP contribution in [0.4, 0.5) is 0 Å². The van der Waals surface area contributed by atoms with E-state index in [1.165, 1.54) is 7.11 Å². The molecule has 2 aromatic rings. The zero-order chi connectivity index (χ0) is 13.8. The van der Waals surface area contributed by atoms with Gasteiger partial charge in [-0.15, -0.1) is 0 Å². The lowest BCUT2D eigenvalue weighted by atomic mass is 10.2. The summed E-state index contributed by atoms with van der Waals surface area (Å²) in [5.41, 5.74) is 0.580. The third-order valence-corrected chi connectivity index (χ3v) is 2.96. The maximum Gasteiger partial charge on any atom is 0.162 e. The van der Waals surface area contributed by atoms with Crippen LogP contribution in [0.15, 0.2) is 30.5 Å². The Morgan fingerprint density at radius 2 is 2.05 bits per heavy atom. The minimum Gasteiger partial charge on any atom is -0.493 e. The second-order valence-electron chi connectivity index (χ2n) is 4.00. The van der Waals surface area contributed by atoms with E-state index < -0.39 is 6.10 Å². The van der Waals surface area contributed by atoms with E-state index in [9.17, 15) is 5.11 Å². The molecule has 0 radical (unpaired) electrons. The molecule has 0 bridgehead atoms. The van der Waals surface area contributed by atoms with Crippen molar-refractivity contribution in [2.24, 2.45) is 7.05 Å². The van der Waals surface area contributed by atoms with E-state index in [1.54, 1.807) is 42.2 Å². The Labute approximate surface area is 116 Å². The first-order valence-corrected chi connectivity index (χ1v) is 6.12.